The number of carbonyl (C=O) groups excluding carboxylic acids is 2. The first-order chi connectivity index (χ1) is 15.0. The molecule has 0 amide bonds. The number of fused-ring (bicyclic) bond motifs is 1. The van der Waals surface area contributed by atoms with Gasteiger partial charge in [-0.3, -0.25) is 9.36 Å². The number of hydrogen-bond donors (Lipinski definition) is 1. The van der Waals surface area contributed by atoms with Gasteiger partial charge in [0.1, 0.15) is 22.0 Å². The normalized spacial score (nSPS) is 16.4. The molecule has 3 aromatic heterocycles. The second-order valence-electron chi connectivity index (χ2n) is 6.44. The SMILES string of the molecule is CCOC(=O)C1=c2s/c(=C\c3ccco3)c(=O)n2C(N)=C(C(=O)OC)[C@H]1c1ccco1. The van der Waals surface area contributed by atoms with Crippen LogP contribution in [0.3, 0.4) is 0 Å². The van der Waals surface area contributed by atoms with E-state index in [9.17, 15) is 14.4 Å². The van der Waals surface area contributed by atoms with E-state index in [0.717, 1.165) is 15.9 Å². The Balaban J connectivity index is 2.13. The molecular weight excluding hydrogens is 424 g/mol. The number of ether oxygens (including phenoxy) is 2. The third-order valence-electron chi connectivity index (χ3n) is 4.69. The molecule has 1 atom stereocenters. The van der Waals surface area contributed by atoms with Crippen molar-refractivity contribution in [3.05, 3.63) is 73.4 Å². The first-order valence-electron chi connectivity index (χ1n) is 9.28. The molecule has 0 aliphatic carbocycles. The van der Waals surface area contributed by atoms with Crippen LogP contribution in [0.1, 0.15) is 24.4 Å². The number of esters is 2. The summed E-state index contributed by atoms with van der Waals surface area (Å²) in [4.78, 5) is 38.9. The van der Waals surface area contributed by atoms with Crippen molar-refractivity contribution >= 4 is 40.7 Å². The van der Waals surface area contributed by atoms with E-state index >= 15 is 0 Å². The van der Waals surface area contributed by atoms with Crippen LogP contribution in [-0.4, -0.2) is 30.2 Å². The van der Waals surface area contributed by atoms with E-state index in [1.807, 2.05) is 0 Å². The van der Waals surface area contributed by atoms with Crippen LogP contribution in [0.2, 0.25) is 0 Å². The van der Waals surface area contributed by atoms with Gasteiger partial charge in [-0.05, 0) is 31.2 Å². The average molecular weight is 442 g/mol. The Bertz CT molecular complexity index is 1340. The van der Waals surface area contributed by atoms with E-state index in [2.05, 4.69) is 0 Å². The smallest absolute Gasteiger partial charge is 0.338 e. The van der Waals surface area contributed by atoms with Crippen LogP contribution in [0, 0.1) is 0 Å². The van der Waals surface area contributed by atoms with Gasteiger partial charge in [-0.25, -0.2) is 9.59 Å². The summed E-state index contributed by atoms with van der Waals surface area (Å²) in [6.45, 7) is 1.76. The summed E-state index contributed by atoms with van der Waals surface area (Å²) in [6.07, 6.45) is 4.42. The second-order valence-corrected chi connectivity index (χ2v) is 7.48. The van der Waals surface area contributed by atoms with Gasteiger partial charge in [0, 0.05) is 6.08 Å². The van der Waals surface area contributed by atoms with E-state index in [-0.39, 0.29) is 38.5 Å². The van der Waals surface area contributed by atoms with Gasteiger partial charge in [0.05, 0.1) is 47.8 Å². The van der Waals surface area contributed by atoms with Gasteiger partial charge < -0.3 is 24.0 Å². The molecule has 1 aliphatic heterocycles. The van der Waals surface area contributed by atoms with Crippen LogP contribution in [-0.2, 0) is 19.1 Å². The maximum atomic E-state index is 13.2. The fourth-order valence-electron chi connectivity index (χ4n) is 3.41. The fourth-order valence-corrected chi connectivity index (χ4v) is 4.55. The number of thiazole rings is 1. The minimum absolute atomic E-state index is 0.0626. The van der Waals surface area contributed by atoms with Gasteiger partial charge in [-0.1, -0.05) is 0 Å². The van der Waals surface area contributed by atoms with Gasteiger partial charge >= 0.3 is 11.9 Å². The minimum Gasteiger partial charge on any atom is -0.468 e. The van der Waals surface area contributed by atoms with E-state index in [4.69, 9.17) is 24.0 Å². The zero-order valence-corrected chi connectivity index (χ0v) is 17.4. The summed E-state index contributed by atoms with van der Waals surface area (Å²) < 4.78 is 22.6. The highest BCUT2D eigenvalue weighted by Gasteiger charge is 2.41. The average Bonchev–Trinajstić information content (AvgIpc) is 3.50. The number of aromatic nitrogens is 1. The Labute approximate surface area is 179 Å². The van der Waals surface area contributed by atoms with Crippen molar-refractivity contribution in [3.63, 3.8) is 0 Å². The van der Waals surface area contributed by atoms with Crippen molar-refractivity contribution in [1.29, 1.82) is 0 Å². The summed E-state index contributed by atoms with van der Waals surface area (Å²) in [6, 6.07) is 6.60. The number of furan rings is 2. The molecule has 160 valence electrons. The monoisotopic (exact) mass is 442 g/mol. The molecule has 0 unspecified atom stereocenters. The van der Waals surface area contributed by atoms with Gasteiger partial charge in [0.2, 0.25) is 0 Å². The zero-order chi connectivity index (χ0) is 22.1. The van der Waals surface area contributed by atoms with Crippen LogP contribution < -0.4 is 20.5 Å². The Kier molecular flexibility index (Phi) is 5.38. The molecule has 10 heteroatoms. The number of methoxy groups -OCH3 is 1. The van der Waals surface area contributed by atoms with Crippen molar-refractivity contribution < 1.29 is 27.9 Å². The molecule has 0 fully saturated rings. The Morgan fingerprint density at radius 2 is 1.94 bits per heavy atom. The lowest BCUT2D eigenvalue weighted by Crippen LogP contribution is -2.41. The molecule has 0 bridgehead atoms. The number of nitrogens with zero attached hydrogens (tertiary/aromatic N) is 1. The molecule has 0 spiro atoms. The van der Waals surface area contributed by atoms with Crippen molar-refractivity contribution in [1.82, 2.24) is 4.57 Å². The molecule has 4 heterocycles. The zero-order valence-electron chi connectivity index (χ0n) is 16.6. The Morgan fingerprint density at radius 1 is 1.19 bits per heavy atom. The summed E-state index contributed by atoms with van der Waals surface area (Å²) in [7, 11) is 1.19. The van der Waals surface area contributed by atoms with Crippen LogP contribution in [0.5, 0.6) is 0 Å². The third kappa shape index (κ3) is 3.40. The first-order valence-corrected chi connectivity index (χ1v) is 10.1. The maximum Gasteiger partial charge on any atom is 0.338 e. The van der Waals surface area contributed by atoms with Crippen LogP contribution >= 0.6 is 11.3 Å². The number of nitrogens with two attached hydrogens (primary N) is 1. The standard InChI is InChI=1S/C21H18N2O7S/c1-3-28-21(26)16-14(12-7-5-9-30-12)15(20(25)27-2)17(22)23-18(24)13(31-19(16)23)10-11-6-4-8-29-11/h4-10,14H,3,22H2,1-2H3/b13-10-/t14-/m1/s1. The Morgan fingerprint density at radius 3 is 2.55 bits per heavy atom. The molecule has 0 aromatic carbocycles. The largest absolute Gasteiger partial charge is 0.468 e. The van der Waals surface area contributed by atoms with E-state index in [1.54, 1.807) is 31.2 Å². The highest BCUT2D eigenvalue weighted by molar-refractivity contribution is 7.07. The van der Waals surface area contributed by atoms with Gasteiger partial charge in [0.25, 0.3) is 5.56 Å². The second kappa shape index (κ2) is 8.15. The molecule has 3 aromatic rings. The molecule has 0 saturated carbocycles. The summed E-state index contributed by atoms with van der Waals surface area (Å²) in [5, 5.41) is 0. The van der Waals surface area contributed by atoms with Gasteiger partial charge in [0.15, 0.2) is 0 Å². The van der Waals surface area contributed by atoms with Crippen molar-refractivity contribution in [3.8, 4) is 0 Å². The highest BCUT2D eigenvalue weighted by Crippen LogP contribution is 2.37. The Hall–Kier alpha value is -3.79. The predicted octanol–water partition coefficient (Wildman–Crippen LogP) is 0.736. The van der Waals surface area contributed by atoms with Crippen LogP contribution in [0.25, 0.3) is 17.5 Å². The number of rotatable bonds is 5. The number of hydrogen-bond acceptors (Lipinski definition) is 9. The summed E-state index contributed by atoms with van der Waals surface area (Å²) in [5.74, 6) is -1.90. The molecule has 31 heavy (non-hydrogen) atoms. The maximum absolute atomic E-state index is 13.2. The van der Waals surface area contributed by atoms with Gasteiger partial charge in [-0.15, -0.1) is 11.3 Å². The molecule has 0 radical (unpaired) electrons. The third-order valence-corrected chi connectivity index (χ3v) is 5.80. The van der Waals surface area contributed by atoms with Crippen LogP contribution in [0.15, 0.2) is 56.0 Å². The van der Waals surface area contributed by atoms with E-state index < -0.39 is 23.4 Å². The lowest BCUT2D eigenvalue weighted by atomic mass is 9.87. The molecule has 2 N–H and O–H groups in total. The lowest BCUT2D eigenvalue weighted by molar-refractivity contribution is -0.136. The summed E-state index contributed by atoms with van der Waals surface area (Å²) in [5.41, 5.74) is 5.76. The van der Waals surface area contributed by atoms with Crippen LogP contribution in [0.4, 0.5) is 0 Å². The number of carbonyl (C=O) groups is 2. The van der Waals surface area contributed by atoms with Gasteiger partial charge in [-0.2, -0.15) is 0 Å². The first kappa shape index (κ1) is 20.5. The quantitative estimate of drug-likeness (QED) is 0.573. The fraction of sp³-hybridized carbons (Fsp3) is 0.190. The topological polar surface area (TPSA) is 127 Å². The molecule has 0 saturated heterocycles. The highest BCUT2D eigenvalue weighted by atomic mass is 32.1. The van der Waals surface area contributed by atoms with Crippen molar-refractivity contribution in [2.24, 2.45) is 5.73 Å². The molecule has 1 aliphatic rings. The summed E-state index contributed by atoms with van der Waals surface area (Å²) >= 11 is 1.04. The molecule has 9 nitrogen and oxygen atoms in total. The van der Waals surface area contributed by atoms with E-state index in [1.165, 1.54) is 25.7 Å². The van der Waals surface area contributed by atoms with Crippen molar-refractivity contribution in [2.45, 2.75) is 12.8 Å². The van der Waals surface area contributed by atoms with Crippen molar-refractivity contribution in [2.75, 3.05) is 13.7 Å². The van der Waals surface area contributed by atoms with E-state index in [0.29, 0.717) is 5.76 Å². The minimum atomic E-state index is -1.00. The predicted molar refractivity (Wildman–Crippen MR) is 111 cm³/mol. The molecular formula is C21H18N2O7S. The molecule has 4 rings (SSSR count). The lowest BCUT2D eigenvalue weighted by Gasteiger charge is -2.24.